The van der Waals surface area contributed by atoms with Gasteiger partial charge in [-0.2, -0.15) is 0 Å². The lowest BCUT2D eigenvalue weighted by Crippen LogP contribution is -2.52. The number of carbonyl (C=O) groups is 2. The zero-order valence-electron chi connectivity index (χ0n) is 13.3. The van der Waals surface area contributed by atoms with Gasteiger partial charge in [0.05, 0.1) is 12.7 Å². The van der Waals surface area contributed by atoms with Crippen molar-refractivity contribution in [3.8, 4) is 5.75 Å². The first-order chi connectivity index (χ1) is 10.5. The fourth-order valence-electron chi connectivity index (χ4n) is 2.61. The number of methoxy groups -OCH3 is 1. The van der Waals surface area contributed by atoms with Crippen LogP contribution in [0.25, 0.3) is 0 Å². The standard InChI is InChI=1S/C16H21BrN2O3.ClH/c1-11-10-18-7-8-19(11)16(21)6-4-14(20)13-9-12(17)3-5-15(13)22-2;/h3,5,9,11,18H,4,6-8,10H2,1-2H3;1H/t11-;/m0./s1. The lowest BCUT2D eigenvalue weighted by molar-refractivity contribution is -0.133. The third kappa shape index (κ3) is 5.19. The van der Waals surface area contributed by atoms with Crippen LogP contribution < -0.4 is 10.1 Å². The van der Waals surface area contributed by atoms with Crippen LogP contribution in [0, 0.1) is 0 Å². The summed E-state index contributed by atoms with van der Waals surface area (Å²) in [7, 11) is 1.54. The molecular formula is C16H22BrClN2O3. The normalized spacial score (nSPS) is 17.3. The molecule has 1 atom stereocenters. The number of hydrogen-bond acceptors (Lipinski definition) is 4. The largest absolute Gasteiger partial charge is 0.496 e. The minimum atomic E-state index is -0.0747. The SMILES string of the molecule is COc1ccc(Br)cc1C(=O)CCC(=O)N1CCNC[C@@H]1C.Cl. The number of hydrogen-bond donors (Lipinski definition) is 1. The maximum atomic E-state index is 12.4. The highest BCUT2D eigenvalue weighted by Gasteiger charge is 2.23. The summed E-state index contributed by atoms with van der Waals surface area (Å²) in [5.41, 5.74) is 0.512. The van der Waals surface area contributed by atoms with Crippen molar-refractivity contribution in [2.24, 2.45) is 0 Å². The minimum absolute atomic E-state index is 0. The summed E-state index contributed by atoms with van der Waals surface area (Å²) in [5, 5.41) is 3.25. The molecule has 5 nitrogen and oxygen atoms in total. The summed E-state index contributed by atoms with van der Waals surface area (Å²) in [5.74, 6) is 0.502. The Hall–Kier alpha value is -1.11. The minimum Gasteiger partial charge on any atom is -0.496 e. The van der Waals surface area contributed by atoms with E-state index < -0.39 is 0 Å². The first-order valence-corrected chi connectivity index (χ1v) is 8.19. The lowest BCUT2D eigenvalue weighted by Gasteiger charge is -2.34. The van der Waals surface area contributed by atoms with Gasteiger partial charge in [-0.3, -0.25) is 9.59 Å². The highest BCUT2D eigenvalue weighted by Crippen LogP contribution is 2.24. The van der Waals surface area contributed by atoms with Crippen LogP contribution in [0.5, 0.6) is 5.75 Å². The Balaban J connectivity index is 0.00000264. The molecule has 1 heterocycles. The number of nitrogens with one attached hydrogen (secondary N) is 1. The highest BCUT2D eigenvalue weighted by atomic mass is 79.9. The molecule has 0 aromatic heterocycles. The van der Waals surface area contributed by atoms with Gasteiger partial charge in [-0.15, -0.1) is 12.4 Å². The van der Waals surface area contributed by atoms with E-state index in [1.807, 2.05) is 17.9 Å². The van der Waals surface area contributed by atoms with E-state index in [2.05, 4.69) is 21.2 Å². The number of amides is 1. The van der Waals surface area contributed by atoms with Crippen molar-refractivity contribution in [2.45, 2.75) is 25.8 Å². The predicted molar refractivity (Wildman–Crippen MR) is 95.6 cm³/mol. The van der Waals surface area contributed by atoms with Gasteiger partial charge < -0.3 is 15.0 Å². The topological polar surface area (TPSA) is 58.6 Å². The molecular weight excluding hydrogens is 384 g/mol. The quantitative estimate of drug-likeness (QED) is 0.765. The Morgan fingerprint density at radius 1 is 1.39 bits per heavy atom. The van der Waals surface area contributed by atoms with Crippen LogP contribution in [-0.4, -0.2) is 49.4 Å². The smallest absolute Gasteiger partial charge is 0.223 e. The molecule has 7 heteroatoms. The number of carbonyl (C=O) groups excluding carboxylic acids is 2. The predicted octanol–water partition coefficient (Wildman–Crippen LogP) is 2.66. The number of halogens is 2. The molecule has 0 bridgehead atoms. The number of Topliss-reactive ketones (excluding diaryl/α,β-unsaturated/α-hetero) is 1. The molecule has 1 aromatic carbocycles. The molecule has 0 radical (unpaired) electrons. The van der Waals surface area contributed by atoms with E-state index in [1.54, 1.807) is 12.1 Å². The Morgan fingerprint density at radius 2 is 2.13 bits per heavy atom. The van der Waals surface area contributed by atoms with Crippen LogP contribution in [0.3, 0.4) is 0 Å². The summed E-state index contributed by atoms with van der Waals surface area (Å²) in [6.07, 6.45) is 0.432. The second-order valence-electron chi connectivity index (χ2n) is 5.41. The maximum Gasteiger partial charge on any atom is 0.223 e. The Labute approximate surface area is 151 Å². The van der Waals surface area contributed by atoms with Gasteiger partial charge in [0.25, 0.3) is 0 Å². The number of rotatable bonds is 5. The molecule has 1 saturated heterocycles. The van der Waals surface area contributed by atoms with Gasteiger partial charge in [-0.05, 0) is 25.1 Å². The molecule has 1 N–H and O–H groups in total. The lowest BCUT2D eigenvalue weighted by atomic mass is 10.0. The van der Waals surface area contributed by atoms with Crippen molar-refractivity contribution in [3.05, 3.63) is 28.2 Å². The summed E-state index contributed by atoms with van der Waals surface area (Å²) in [6.45, 7) is 4.33. The number of nitrogens with zero attached hydrogens (tertiary/aromatic N) is 1. The van der Waals surface area contributed by atoms with Crippen molar-refractivity contribution in [3.63, 3.8) is 0 Å². The first kappa shape index (κ1) is 19.9. The third-order valence-corrected chi connectivity index (χ3v) is 4.34. The Morgan fingerprint density at radius 3 is 2.78 bits per heavy atom. The van der Waals surface area contributed by atoms with Gasteiger partial charge >= 0.3 is 0 Å². The van der Waals surface area contributed by atoms with E-state index in [1.165, 1.54) is 7.11 Å². The van der Waals surface area contributed by atoms with Crippen molar-refractivity contribution >= 4 is 40.0 Å². The van der Waals surface area contributed by atoms with Gasteiger partial charge in [0, 0.05) is 43.0 Å². The van der Waals surface area contributed by atoms with E-state index in [-0.39, 0.29) is 43.0 Å². The zero-order valence-corrected chi connectivity index (χ0v) is 15.7. The number of ether oxygens (including phenoxy) is 1. The van der Waals surface area contributed by atoms with Crippen LogP contribution in [0.2, 0.25) is 0 Å². The maximum absolute atomic E-state index is 12.4. The van der Waals surface area contributed by atoms with Crippen LogP contribution in [0.15, 0.2) is 22.7 Å². The van der Waals surface area contributed by atoms with Gasteiger partial charge in [0.1, 0.15) is 5.75 Å². The molecule has 128 valence electrons. The van der Waals surface area contributed by atoms with Gasteiger partial charge in [0.2, 0.25) is 5.91 Å². The fraction of sp³-hybridized carbons (Fsp3) is 0.500. The molecule has 1 aliphatic heterocycles. The van der Waals surface area contributed by atoms with Crippen molar-refractivity contribution in [2.75, 3.05) is 26.7 Å². The summed E-state index contributed by atoms with van der Waals surface area (Å²) >= 11 is 3.35. The van der Waals surface area contributed by atoms with Gasteiger partial charge in [-0.25, -0.2) is 0 Å². The average molecular weight is 406 g/mol. The second kappa shape index (κ2) is 9.25. The van der Waals surface area contributed by atoms with E-state index >= 15 is 0 Å². The molecule has 0 saturated carbocycles. The number of piperazine rings is 1. The molecule has 23 heavy (non-hydrogen) atoms. The Kier molecular flexibility index (Phi) is 8.02. The summed E-state index contributed by atoms with van der Waals surface area (Å²) in [4.78, 5) is 26.5. The van der Waals surface area contributed by atoms with E-state index in [4.69, 9.17) is 4.74 Å². The average Bonchev–Trinajstić information content (AvgIpc) is 2.52. The Bertz CT molecular complexity index is 568. The molecule has 2 rings (SSSR count). The van der Waals surface area contributed by atoms with Crippen molar-refractivity contribution in [1.29, 1.82) is 0 Å². The molecule has 1 amide bonds. The van der Waals surface area contributed by atoms with Crippen molar-refractivity contribution in [1.82, 2.24) is 10.2 Å². The molecule has 0 spiro atoms. The van der Waals surface area contributed by atoms with Crippen LogP contribution in [0.4, 0.5) is 0 Å². The summed E-state index contributed by atoms with van der Waals surface area (Å²) < 4.78 is 6.03. The van der Waals surface area contributed by atoms with Crippen molar-refractivity contribution < 1.29 is 14.3 Å². The molecule has 1 fully saturated rings. The van der Waals surface area contributed by atoms with Gasteiger partial charge in [-0.1, -0.05) is 15.9 Å². The monoisotopic (exact) mass is 404 g/mol. The second-order valence-corrected chi connectivity index (χ2v) is 6.32. The molecule has 1 aromatic rings. The third-order valence-electron chi connectivity index (χ3n) is 3.85. The highest BCUT2D eigenvalue weighted by molar-refractivity contribution is 9.10. The van der Waals surface area contributed by atoms with Crippen LogP contribution in [-0.2, 0) is 4.79 Å². The number of ketones is 1. The fourth-order valence-corrected chi connectivity index (χ4v) is 2.97. The van der Waals surface area contributed by atoms with E-state index in [0.717, 1.165) is 17.6 Å². The molecule has 0 unspecified atom stereocenters. The van der Waals surface area contributed by atoms with Crippen LogP contribution >= 0.6 is 28.3 Å². The van der Waals surface area contributed by atoms with E-state index in [9.17, 15) is 9.59 Å². The number of benzene rings is 1. The molecule has 0 aliphatic carbocycles. The first-order valence-electron chi connectivity index (χ1n) is 7.40. The van der Waals surface area contributed by atoms with Gasteiger partial charge in [0.15, 0.2) is 5.78 Å². The summed E-state index contributed by atoms with van der Waals surface area (Å²) in [6, 6.07) is 5.48. The molecule has 1 aliphatic rings. The van der Waals surface area contributed by atoms with E-state index in [0.29, 0.717) is 17.9 Å². The van der Waals surface area contributed by atoms with Crippen LogP contribution in [0.1, 0.15) is 30.1 Å². The zero-order chi connectivity index (χ0) is 16.1.